The van der Waals surface area contributed by atoms with Crippen LogP contribution in [0.4, 0.5) is 0 Å². The van der Waals surface area contributed by atoms with E-state index < -0.39 is 0 Å². The highest BCUT2D eigenvalue weighted by molar-refractivity contribution is 5.86. The molecule has 2 rings (SSSR count). The first kappa shape index (κ1) is 16.3. The first-order valence-electron chi connectivity index (χ1n) is 7.83. The van der Waals surface area contributed by atoms with Crippen molar-refractivity contribution < 1.29 is 14.3 Å². The molecule has 0 fully saturated rings. The van der Waals surface area contributed by atoms with Crippen molar-refractivity contribution in [2.75, 3.05) is 7.11 Å². The smallest absolute Gasteiger partial charge is 0.313 e. The van der Waals surface area contributed by atoms with Gasteiger partial charge >= 0.3 is 5.97 Å². The zero-order chi connectivity index (χ0) is 16.1. The minimum Gasteiger partial charge on any atom is -0.497 e. The Balaban J connectivity index is 2.17. The number of hydrogen-bond donors (Lipinski definition) is 0. The van der Waals surface area contributed by atoms with Gasteiger partial charge in [-0.1, -0.05) is 37.6 Å². The van der Waals surface area contributed by atoms with Crippen LogP contribution in [-0.4, -0.2) is 19.2 Å². The van der Waals surface area contributed by atoms with E-state index in [1.54, 1.807) is 7.11 Å². The number of methoxy groups -OCH3 is 1. The molecule has 2 aromatic rings. The topological polar surface area (TPSA) is 35.5 Å². The van der Waals surface area contributed by atoms with Crippen LogP contribution in [0.3, 0.4) is 0 Å². The summed E-state index contributed by atoms with van der Waals surface area (Å²) >= 11 is 0. The van der Waals surface area contributed by atoms with Gasteiger partial charge in [-0.15, -0.1) is 0 Å². The summed E-state index contributed by atoms with van der Waals surface area (Å²) in [6.07, 6.45) is 1.89. The van der Waals surface area contributed by atoms with E-state index in [9.17, 15) is 4.79 Å². The number of esters is 1. The maximum atomic E-state index is 12.2. The molecule has 118 valence electrons. The Morgan fingerprint density at radius 2 is 1.77 bits per heavy atom. The van der Waals surface area contributed by atoms with Gasteiger partial charge in [-0.3, -0.25) is 4.79 Å². The molecular weight excluding hydrogens is 276 g/mol. The monoisotopic (exact) mass is 300 g/mol. The number of fused-ring (bicyclic) bond motifs is 1. The highest BCUT2D eigenvalue weighted by Gasteiger charge is 2.19. The molecule has 0 aliphatic rings. The molecule has 0 N–H and O–H groups in total. The van der Waals surface area contributed by atoms with E-state index in [0.717, 1.165) is 34.9 Å². The van der Waals surface area contributed by atoms with Crippen molar-refractivity contribution in [3.63, 3.8) is 0 Å². The van der Waals surface area contributed by atoms with Crippen molar-refractivity contribution in [3.05, 3.63) is 42.0 Å². The van der Waals surface area contributed by atoms with E-state index in [1.807, 2.05) is 50.2 Å². The van der Waals surface area contributed by atoms with E-state index in [0.29, 0.717) is 0 Å². The number of ether oxygens (including phenoxy) is 2. The molecule has 0 spiro atoms. The third kappa shape index (κ3) is 3.79. The number of carbonyl (C=O) groups is 1. The van der Waals surface area contributed by atoms with Gasteiger partial charge in [0.2, 0.25) is 0 Å². The number of rotatable bonds is 6. The Hall–Kier alpha value is -2.03. The molecule has 3 heteroatoms. The largest absolute Gasteiger partial charge is 0.497 e. The second-order valence-corrected chi connectivity index (χ2v) is 5.73. The molecule has 22 heavy (non-hydrogen) atoms. The van der Waals surface area contributed by atoms with E-state index in [-0.39, 0.29) is 18.0 Å². The van der Waals surface area contributed by atoms with Crippen LogP contribution in [0, 0.1) is 0 Å². The van der Waals surface area contributed by atoms with E-state index >= 15 is 0 Å². The molecule has 0 radical (unpaired) electrons. The van der Waals surface area contributed by atoms with Gasteiger partial charge in [0.05, 0.1) is 19.1 Å². The highest BCUT2D eigenvalue weighted by Crippen LogP contribution is 2.26. The van der Waals surface area contributed by atoms with Crippen molar-refractivity contribution in [2.45, 2.75) is 45.6 Å². The van der Waals surface area contributed by atoms with Crippen LogP contribution in [0.1, 0.15) is 45.1 Å². The highest BCUT2D eigenvalue weighted by atomic mass is 16.5. The second-order valence-electron chi connectivity index (χ2n) is 5.73. The lowest BCUT2D eigenvalue weighted by Gasteiger charge is -2.17. The molecule has 2 atom stereocenters. The number of carbonyl (C=O) groups excluding carboxylic acids is 1. The van der Waals surface area contributed by atoms with Crippen molar-refractivity contribution >= 4 is 16.7 Å². The third-order valence-corrected chi connectivity index (χ3v) is 3.94. The summed E-state index contributed by atoms with van der Waals surface area (Å²) in [6.45, 7) is 5.93. The van der Waals surface area contributed by atoms with E-state index in [2.05, 4.69) is 6.92 Å². The van der Waals surface area contributed by atoms with Crippen molar-refractivity contribution in [2.24, 2.45) is 0 Å². The van der Waals surface area contributed by atoms with Gasteiger partial charge in [0.25, 0.3) is 0 Å². The predicted molar refractivity (Wildman–Crippen MR) is 89.4 cm³/mol. The molecular formula is C19H24O3. The van der Waals surface area contributed by atoms with Gasteiger partial charge in [0.1, 0.15) is 5.75 Å². The fourth-order valence-corrected chi connectivity index (χ4v) is 2.54. The molecule has 0 unspecified atom stereocenters. The van der Waals surface area contributed by atoms with Crippen LogP contribution in [0.25, 0.3) is 10.8 Å². The van der Waals surface area contributed by atoms with Crippen LogP contribution in [0.5, 0.6) is 5.75 Å². The molecule has 0 saturated carbocycles. The fourth-order valence-electron chi connectivity index (χ4n) is 2.54. The average Bonchev–Trinajstić information content (AvgIpc) is 2.53. The summed E-state index contributed by atoms with van der Waals surface area (Å²) < 4.78 is 10.7. The van der Waals surface area contributed by atoms with Gasteiger partial charge in [0, 0.05) is 0 Å². The van der Waals surface area contributed by atoms with Gasteiger partial charge in [-0.25, -0.2) is 0 Å². The summed E-state index contributed by atoms with van der Waals surface area (Å²) in [5.74, 6) is 0.417. The quantitative estimate of drug-likeness (QED) is 0.726. The first-order valence-corrected chi connectivity index (χ1v) is 7.83. The number of hydrogen-bond acceptors (Lipinski definition) is 3. The Morgan fingerprint density at radius 3 is 2.45 bits per heavy atom. The Morgan fingerprint density at radius 1 is 1.09 bits per heavy atom. The molecule has 0 heterocycles. The summed E-state index contributed by atoms with van der Waals surface area (Å²) in [7, 11) is 1.66. The van der Waals surface area contributed by atoms with Gasteiger partial charge < -0.3 is 9.47 Å². The third-order valence-electron chi connectivity index (χ3n) is 3.94. The van der Waals surface area contributed by atoms with Gasteiger partial charge in [0.15, 0.2) is 0 Å². The van der Waals surface area contributed by atoms with Crippen molar-refractivity contribution in [1.29, 1.82) is 0 Å². The summed E-state index contributed by atoms with van der Waals surface area (Å²) in [6, 6.07) is 12.0. The Bertz CT molecular complexity index is 648. The SMILES string of the molecule is CCC[C@H](C)OC(=O)[C@@H](C)c1ccc2cc(OC)ccc2c1. The Kier molecular flexibility index (Phi) is 5.42. The maximum absolute atomic E-state index is 12.2. The molecule has 0 saturated heterocycles. The maximum Gasteiger partial charge on any atom is 0.313 e. The van der Waals surface area contributed by atoms with Gasteiger partial charge in [-0.2, -0.15) is 0 Å². The zero-order valence-electron chi connectivity index (χ0n) is 13.8. The Labute approximate surface area is 132 Å². The normalized spacial score (nSPS) is 13.6. The molecule has 2 aromatic carbocycles. The summed E-state index contributed by atoms with van der Waals surface area (Å²) in [5.41, 5.74) is 0.978. The molecule has 3 nitrogen and oxygen atoms in total. The second kappa shape index (κ2) is 7.30. The fraction of sp³-hybridized carbons (Fsp3) is 0.421. The van der Waals surface area contributed by atoms with Gasteiger partial charge in [-0.05, 0) is 48.7 Å². The molecule has 0 bridgehead atoms. The molecule has 0 amide bonds. The van der Waals surface area contributed by atoms with Crippen LogP contribution in [0.2, 0.25) is 0 Å². The summed E-state index contributed by atoms with van der Waals surface area (Å²) in [5, 5.41) is 2.20. The van der Waals surface area contributed by atoms with E-state index in [1.165, 1.54) is 0 Å². The van der Waals surface area contributed by atoms with Crippen LogP contribution >= 0.6 is 0 Å². The molecule has 0 aromatic heterocycles. The van der Waals surface area contributed by atoms with Crippen LogP contribution in [0.15, 0.2) is 36.4 Å². The lowest BCUT2D eigenvalue weighted by molar-refractivity contribution is -0.149. The van der Waals surface area contributed by atoms with Crippen LogP contribution in [-0.2, 0) is 9.53 Å². The standard InChI is InChI=1S/C19H24O3/c1-5-6-13(2)22-19(20)14(3)15-7-8-17-12-18(21-4)10-9-16(17)11-15/h7-14H,5-6H2,1-4H3/t13-,14-/m0/s1. The molecule has 0 aliphatic heterocycles. The van der Waals surface area contributed by atoms with Crippen molar-refractivity contribution in [3.8, 4) is 5.75 Å². The lowest BCUT2D eigenvalue weighted by Crippen LogP contribution is -2.19. The lowest BCUT2D eigenvalue weighted by atomic mass is 9.97. The summed E-state index contributed by atoms with van der Waals surface area (Å²) in [4.78, 5) is 12.2. The van der Waals surface area contributed by atoms with E-state index in [4.69, 9.17) is 9.47 Å². The average molecular weight is 300 g/mol. The minimum absolute atomic E-state index is 0.0235. The minimum atomic E-state index is -0.259. The predicted octanol–water partition coefficient (Wildman–Crippen LogP) is 4.68. The van der Waals surface area contributed by atoms with Crippen LogP contribution < -0.4 is 4.74 Å². The van der Waals surface area contributed by atoms with Crippen molar-refractivity contribution in [1.82, 2.24) is 0 Å². The molecule has 0 aliphatic carbocycles. The first-order chi connectivity index (χ1) is 10.5. The number of benzene rings is 2. The zero-order valence-corrected chi connectivity index (χ0v) is 13.8.